The number of ketones is 2. The summed E-state index contributed by atoms with van der Waals surface area (Å²) in [5.74, 6) is -5.15. The summed E-state index contributed by atoms with van der Waals surface area (Å²) in [6.07, 6.45) is 3.82. The Labute approximate surface area is 341 Å². The molecule has 0 aromatic heterocycles. The van der Waals surface area contributed by atoms with Crippen molar-refractivity contribution in [2.24, 2.45) is 33.9 Å². The van der Waals surface area contributed by atoms with Crippen LogP contribution in [0.1, 0.15) is 35.4 Å². The van der Waals surface area contributed by atoms with Crippen molar-refractivity contribution in [1.29, 1.82) is 0 Å². The molecule has 2 amide bonds. The number of allylic oxidation sites excluding steroid dienone is 4. The fourth-order valence-electron chi connectivity index (χ4n) is 9.83. The monoisotopic (exact) mass is 786 g/mol. The zero-order valence-corrected chi connectivity index (χ0v) is 32.6. The van der Waals surface area contributed by atoms with Gasteiger partial charge in [0.2, 0.25) is 11.8 Å². The number of phenolic OH excluding ortho intramolecular Hbond substituents is 1. The molecule has 5 aromatic rings. The second kappa shape index (κ2) is 14.5. The van der Waals surface area contributed by atoms with E-state index in [1.807, 2.05) is 110 Å². The maximum absolute atomic E-state index is 15.2. The van der Waals surface area contributed by atoms with Gasteiger partial charge < -0.3 is 10.0 Å². The fraction of sp³-hybridized carbons (Fsp3) is 0.208. The number of halogens is 1. The molecule has 1 heterocycles. The SMILES string of the molecule is CN(C)c1ccc(N=Nc2ccc(N3C(=O)C4CC=C5C(CC6C(=O)C(c7ccccc7)=CC(=O)C6(c6ccccc6)C5c5cc(Cl)ccc5O)C4C3=O)cc2)cc1. The van der Waals surface area contributed by atoms with E-state index < -0.39 is 35.0 Å². The summed E-state index contributed by atoms with van der Waals surface area (Å²) < 4.78 is 0. The quantitative estimate of drug-likeness (QED) is 0.0997. The molecule has 9 rings (SSSR count). The van der Waals surface area contributed by atoms with Crippen LogP contribution in [0.15, 0.2) is 155 Å². The number of imide groups is 1. The molecule has 4 aliphatic rings. The number of hydrogen-bond donors (Lipinski definition) is 1. The van der Waals surface area contributed by atoms with Gasteiger partial charge in [0, 0.05) is 47.8 Å². The molecule has 3 aliphatic carbocycles. The number of Topliss-reactive ketones (excluding diaryl/α,β-unsaturated/α-hetero) is 1. The number of rotatable bonds is 7. The summed E-state index contributed by atoms with van der Waals surface area (Å²) in [5.41, 5.74) is 3.91. The Morgan fingerprint density at radius 3 is 2.05 bits per heavy atom. The number of hydrogen-bond acceptors (Lipinski definition) is 8. The van der Waals surface area contributed by atoms with Crippen LogP contribution in [0.3, 0.4) is 0 Å². The minimum Gasteiger partial charge on any atom is -0.508 e. The highest BCUT2D eigenvalue weighted by molar-refractivity contribution is 6.32. The number of phenols is 1. The average molecular weight is 787 g/mol. The van der Waals surface area contributed by atoms with E-state index in [9.17, 15) is 14.7 Å². The van der Waals surface area contributed by atoms with Gasteiger partial charge in [0.25, 0.3) is 0 Å². The van der Waals surface area contributed by atoms with E-state index in [0.717, 1.165) is 11.3 Å². The van der Waals surface area contributed by atoms with Gasteiger partial charge in [0.15, 0.2) is 11.6 Å². The van der Waals surface area contributed by atoms with Crippen molar-refractivity contribution in [3.8, 4) is 5.75 Å². The standard InChI is InChI=1S/C48H39ClN4O5/c1-52(2)33-18-14-31(15-19-33)50-51-32-16-20-34(21-17-32)53-46(57)36-23-22-35-38(43(36)47(53)58)26-40-45(56)37(28-9-5-3-6-10-28)27-42(55)48(40,29-11-7-4-8-12-29)44(35)39-25-30(49)13-24-41(39)54/h3-22,24-25,27,36,38,40,43-44,54H,23,26H2,1-2H3. The zero-order chi connectivity index (χ0) is 40.3. The van der Waals surface area contributed by atoms with Crippen LogP contribution in [-0.4, -0.2) is 42.6 Å². The molecule has 2 fully saturated rings. The Bertz CT molecular complexity index is 2570. The molecule has 1 aliphatic heterocycles. The van der Waals surface area contributed by atoms with Gasteiger partial charge >= 0.3 is 0 Å². The molecule has 1 saturated heterocycles. The molecular weight excluding hydrogens is 748 g/mol. The van der Waals surface area contributed by atoms with Crippen LogP contribution in [0, 0.1) is 23.7 Å². The number of amides is 2. The topological polar surface area (TPSA) is 120 Å². The van der Waals surface area contributed by atoms with Crippen LogP contribution in [0.4, 0.5) is 22.7 Å². The highest BCUT2D eigenvalue weighted by atomic mass is 35.5. The molecule has 6 unspecified atom stereocenters. The Morgan fingerprint density at radius 2 is 1.40 bits per heavy atom. The maximum Gasteiger partial charge on any atom is 0.238 e. The lowest BCUT2D eigenvalue weighted by atomic mass is 9.44. The van der Waals surface area contributed by atoms with Gasteiger partial charge in [-0.2, -0.15) is 10.2 Å². The summed E-state index contributed by atoms with van der Waals surface area (Å²) >= 11 is 6.63. The first kappa shape index (κ1) is 37.1. The van der Waals surface area contributed by atoms with Crippen LogP contribution in [0.25, 0.3) is 5.57 Å². The van der Waals surface area contributed by atoms with Crippen molar-refractivity contribution in [1.82, 2.24) is 0 Å². The Kier molecular flexibility index (Phi) is 9.28. The summed E-state index contributed by atoms with van der Waals surface area (Å²) in [5, 5.41) is 20.7. The van der Waals surface area contributed by atoms with Crippen molar-refractivity contribution < 1.29 is 24.3 Å². The number of benzene rings is 5. The number of anilines is 2. The molecular formula is C48H39ClN4O5. The normalized spacial score (nSPS) is 25.2. The van der Waals surface area contributed by atoms with Gasteiger partial charge in [-0.25, -0.2) is 0 Å². The van der Waals surface area contributed by atoms with Gasteiger partial charge in [0.05, 0.1) is 34.3 Å². The van der Waals surface area contributed by atoms with E-state index in [1.165, 1.54) is 17.0 Å². The predicted molar refractivity (Wildman–Crippen MR) is 224 cm³/mol. The second-order valence-electron chi connectivity index (χ2n) is 15.6. The lowest BCUT2D eigenvalue weighted by molar-refractivity contribution is -0.135. The average Bonchev–Trinajstić information content (AvgIpc) is 3.51. The first-order chi connectivity index (χ1) is 28.1. The molecule has 58 heavy (non-hydrogen) atoms. The lowest BCUT2D eigenvalue weighted by Gasteiger charge is -2.55. The number of aromatic hydroxyl groups is 1. The summed E-state index contributed by atoms with van der Waals surface area (Å²) in [6.45, 7) is 0. The lowest BCUT2D eigenvalue weighted by Crippen LogP contribution is -2.58. The highest BCUT2D eigenvalue weighted by Crippen LogP contribution is 2.64. The summed E-state index contributed by atoms with van der Waals surface area (Å²) in [6, 6.07) is 37.6. The molecule has 10 heteroatoms. The number of fused-ring (bicyclic) bond motifs is 4. The minimum atomic E-state index is -1.47. The summed E-state index contributed by atoms with van der Waals surface area (Å²) in [4.78, 5) is 62.7. The number of carbonyl (C=O) groups excluding carboxylic acids is 4. The Morgan fingerprint density at radius 1 is 0.759 bits per heavy atom. The van der Waals surface area contributed by atoms with Crippen LogP contribution >= 0.6 is 11.6 Å². The van der Waals surface area contributed by atoms with Gasteiger partial charge in [-0.15, -0.1) is 0 Å². The first-order valence-corrected chi connectivity index (χ1v) is 19.7. The zero-order valence-electron chi connectivity index (χ0n) is 31.8. The van der Waals surface area contributed by atoms with E-state index in [2.05, 4.69) is 10.2 Å². The second-order valence-corrected chi connectivity index (χ2v) is 16.1. The molecule has 1 saturated carbocycles. The Hall–Kier alpha value is -6.45. The van der Waals surface area contributed by atoms with Crippen LogP contribution in [0.2, 0.25) is 5.02 Å². The molecule has 1 N–H and O–H groups in total. The third-order valence-electron chi connectivity index (χ3n) is 12.4. The largest absolute Gasteiger partial charge is 0.508 e. The maximum atomic E-state index is 15.2. The van der Waals surface area contributed by atoms with Crippen molar-refractivity contribution in [2.75, 3.05) is 23.9 Å². The summed E-state index contributed by atoms with van der Waals surface area (Å²) in [7, 11) is 3.93. The molecule has 288 valence electrons. The van der Waals surface area contributed by atoms with E-state index in [1.54, 1.807) is 36.4 Å². The Balaban J connectivity index is 1.12. The molecule has 0 bridgehead atoms. The van der Waals surface area contributed by atoms with Crippen molar-refractivity contribution in [3.63, 3.8) is 0 Å². The third kappa shape index (κ3) is 5.91. The molecule has 5 aromatic carbocycles. The van der Waals surface area contributed by atoms with Crippen LogP contribution in [0.5, 0.6) is 5.75 Å². The van der Waals surface area contributed by atoms with Gasteiger partial charge in [-0.3, -0.25) is 24.1 Å². The van der Waals surface area contributed by atoms with Crippen molar-refractivity contribution >= 4 is 63.3 Å². The van der Waals surface area contributed by atoms with E-state index in [4.69, 9.17) is 11.6 Å². The molecule has 6 atom stereocenters. The van der Waals surface area contributed by atoms with Gasteiger partial charge in [-0.05, 0) is 103 Å². The predicted octanol–water partition coefficient (Wildman–Crippen LogP) is 9.56. The van der Waals surface area contributed by atoms with Crippen molar-refractivity contribution in [3.05, 3.63) is 167 Å². The number of azo groups is 1. The van der Waals surface area contributed by atoms with Crippen LogP contribution < -0.4 is 9.80 Å². The first-order valence-electron chi connectivity index (χ1n) is 19.3. The van der Waals surface area contributed by atoms with E-state index >= 15 is 9.59 Å². The number of carbonyl (C=O) groups is 4. The highest BCUT2D eigenvalue weighted by Gasteiger charge is 2.66. The smallest absolute Gasteiger partial charge is 0.238 e. The van der Waals surface area contributed by atoms with E-state index in [0.29, 0.717) is 44.3 Å². The third-order valence-corrected chi connectivity index (χ3v) is 12.7. The fourth-order valence-corrected chi connectivity index (χ4v) is 10.0. The molecule has 0 spiro atoms. The van der Waals surface area contributed by atoms with Crippen molar-refractivity contribution in [2.45, 2.75) is 24.2 Å². The minimum absolute atomic E-state index is 0.0801. The van der Waals surface area contributed by atoms with E-state index in [-0.39, 0.29) is 42.0 Å². The number of nitrogens with zero attached hydrogens (tertiary/aromatic N) is 4. The molecule has 9 nitrogen and oxygen atoms in total. The van der Waals surface area contributed by atoms with Gasteiger partial charge in [-0.1, -0.05) is 83.9 Å². The molecule has 0 radical (unpaired) electrons. The van der Waals surface area contributed by atoms with Gasteiger partial charge in [0.1, 0.15) is 5.75 Å². The van der Waals surface area contributed by atoms with Crippen LogP contribution in [-0.2, 0) is 24.6 Å².